The lowest BCUT2D eigenvalue weighted by molar-refractivity contribution is 1.89. The quantitative estimate of drug-likeness (QED) is 0.153. The number of hydrogen-bond acceptors (Lipinski definition) is 6. The smallest absolute Gasteiger partial charge is 0.0789 e. The molecule has 168 valence electrons. The van der Waals surface area contributed by atoms with Gasteiger partial charge < -0.3 is 0 Å². The fourth-order valence-electron chi connectivity index (χ4n) is 3.56. The van der Waals surface area contributed by atoms with Gasteiger partial charge in [-0.25, -0.2) is 0 Å². The van der Waals surface area contributed by atoms with Crippen LogP contribution in [0.2, 0.25) is 0 Å². The minimum atomic E-state index is 1.12. The van der Waals surface area contributed by atoms with Gasteiger partial charge in [0, 0.05) is 9.40 Å². The zero-order chi connectivity index (χ0) is 23.7. The zero-order valence-corrected chi connectivity index (χ0v) is 28.4. The topological polar surface area (TPSA) is 0 Å². The summed E-state index contributed by atoms with van der Waals surface area (Å²) in [4.78, 5) is 7.31. The Labute approximate surface area is 253 Å². The second-order valence-corrected chi connectivity index (χ2v) is 16.4. The van der Waals surface area contributed by atoms with E-state index in [1.165, 1.54) is 65.6 Å². The molecule has 0 spiro atoms. The summed E-state index contributed by atoms with van der Waals surface area (Å²) in [5, 5.41) is 0. The minimum Gasteiger partial charge on any atom is -0.132 e. The van der Waals surface area contributed by atoms with E-state index in [1.54, 1.807) is 22.7 Å². The second-order valence-electron chi connectivity index (χ2n) is 7.00. The first-order valence-electron chi connectivity index (χ1n) is 9.61. The normalized spacial score (nSPS) is 11.4. The van der Waals surface area contributed by atoms with Crippen LogP contribution in [0.15, 0.2) is 30.0 Å². The maximum Gasteiger partial charge on any atom is 0.0789 e. The van der Waals surface area contributed by atoms with Crippen LogP contribution in [0.5, 0.6) is 0 Å². The minimum absolute atomic E-state index is 1.12. The molecule has 6 aromatic heterocycles. The van der Waals surface area contributed by atoms with E-state index < -0.39 is 0 Å². The number of fused-ring (bicyclic) bond motifs is 3. The summed E-state index contributed by atoms with van der Waals surface area (Å²) >= 11 is 26.5. The lowest BCUT2D eigenvalue weighted by atomic mass is 10.3. The molecule has 0 fully saturated rings. The maximum absolute atomic E-state index is 3.95. The van der Waals surface area contributed by atoms with Crippen molar-refractivity contribution in [1.82, 2.24) is 0 Å². The van der Waals surface area contributed by atoms with E-state index in [0.29, 0.717) is 0 Å². The van der Waals surface area contributed by atoms with Gasteiger partial charge in [0.05, 0.1) is 66.0 Å². The summed E-state index contributed by atoms with van der Waals surface area (Å²) < 4.78 is 12.3. The van der Waals surface area contributed by atoms with Crippen LogP contribution in [-0.4, -0.2) is 0 Å². The third-order valence-electron chi connectivity index (χ3n) is 4.94. The first kappa shape index (κ1) is 24.4. The van der Waals surface area contributed by atoms with Crippen molar-refractivity contribution in [2.45, 2.75) is 13.8 Å². The van der Waals surface area contributed by atoms with E-state index in [-0.39, 0.29) is 0 Å². The molecule has 0 aliphatic heterocycles. The van der Waals surface area contributed by atoms with Crippen molar-refractivity contribution in [3.8, 4) is 43.2 Å². The fourth-order valence-corrected chi connectivity index (χ4v) is 15.5. The van der Waals surface area contributed by atoms with E-state index in [4.69, 9.17) is 0 Å². The predicted octanol–water partition coefficient (Wildman–Crippen LogP) is 12.6. The molecule has 6 rings (SSSR count). The first-order valence-corrected chi connectivity index (χ1v) is 17.7. The SMILES string of the molecule is CC#Cc1cc2sc(-c3sc4c(Br)c(-c5sc6cc(C#CC)sc6c5Br)sc4c3Br)c(Br)c2s1. The first-order chi connectivity index (χ1) is 16.4. The van der Waals surface area contributed by atoms with E-state index in [2.05, 4.69) is 99.5 Å². The van der Waals surface area contributed by atoms with Gasteiger partial charge in [-0.05, 0) is 89.7 Å². The maximum atomic E-state index is 3.95. The zero-order valence-electron chi connectivity index (χ0n) is 17.1. The Morgan fingerprint density at radius 2 is 0.853 bits per heavy atom. The molecule has 0 amide bonds. The molecule has 0 aliphatic carbocycles. The Hall–Kier alpha value is 0.0200. The Morgan fingerprint density at radius 1 is 0.500 bits per heavy atom. The van der Waals surface area contributed by atoms with Crippen LogP contribution in [-0.2, 0) is 0 Å². The van der Waals surface area contributed by atoms with E-state index in [9.17, 15) is 0 Å². The van der Waals surface area contributed by atoms with Gasteiger partial charge in [-0.1, -0.05) is 11.8 Å². The molecular formula is C24H8Br4S6. The number of thiophene rings is 6. The van der Waals surface area contributed by atoms with Crippen LogP contribution in [0.3, 0.4) is 0 Å². The van der Waals surface area contributed by atoms with Crippen molar-refractivity contribution in [2.24, 2.45) is 0 Å². The van der Waals surface area contributed by atoms with Gasteiger partial charge in [0.15, 0.2) is 0 Å². The molecule has 34 heavy (non-hydrogen) atoms. The predicted molar refractivity (Wildman–Crippen MR) is 173 cm³/mol. The van der Waals surface area contributed by atoms with E-state index >= 15 is 0 Å². The van der Waals surface area contributed by atoms with E-state index in [0.717, 1.165) is 9.75 Å². The lowest BCUT2D eigenvalue weighted by Gasteiger charge is -1.98. The van der Waals surface area contributed by atoms with Crippen LogP contribution in [0.25, 0.3) is 47.7 Å². The summed E-state index contributed by atoms with van der Waals surface area (Å²) in [5.74, 6) is 12.4. The molecule has 0 unspecified atom stereocenters. The standard InChI is InChI=1S/C24H8Br4S6/c1-3-5-9-7-11-17(29-9)13(25)19(31-11)21-15(27)23-24(33-21)16(28)22(34-23)20-14(26)18-12(32-20)8-10(30-18)6-4-2/h7-8H,1-2H3. The van der Waals surface area contributed by atoms with Gasteiger partial charge in [-0.3, -0.25) is 0 Å². The van der Waals surface area contributed by atoms with Gasteiger partial charge in [-0.15, -0.1) is 79.9 Å². The van der Waals surface area contributed by atoms with E-state index in [1.807, 2.05) is 59.2 Å². The molecule has 6 heterocycles. The molecule has 0 saturated heterocycles. The summed E-state index contributed by atoms with van der Waals surface area (Å²) in [7, 11) is 0. The van der Waals surface area contributed by atoms with Crippen molar-refractivity contribution in [1.29, 1.82) is 0 Å². The highest BCUT2D eigenvalue weighted by Crippen LogP contribution is 2.58. The molecule has 0 bridgehead atoms. The molecule has 0 aromatic carbocycles. The van der Waals surface area contributed by atoms with Gasteiger partial charge in [0.2, 0.25) is 0 Å². The molecule has 0 N–H and O–H groups in total. The third-order valence-corrected chi connectivity index (χ3v) is 17.7. The summed E-state index contributed by atoms with van der Waals surface area (Å²) in [5.41, 5.74) is 0. The molecule has 10 heteroatoms. The monoisotopic (exact) mass is 804 g/mol. The Morgan fingerprint density at radius 3 is 1.21 bits per heavy atom. The Balaban J connectivity index is 1.47. The highest BCUT2D eigenvalue weighted by atomic mass is 79.9. The van der Waals surface area contributed by atoms with Gasteiger partial charge in [0.1, 0.15) is 0 Å². The van der Waals surface area contributed by atoms with Gasteiger partial charge in [-0.2, -0.15) is 0 Å². The molecule has 0 aliphatic rings. The highest BCUT2D eigenvalue weighted by Gasteiger charge is 2.26. The van der Waals surface area contributed by atoms with Crippen molar-refractivity contribution in [2.75, 3.05) is 0 Å². The van der Waals surface area contributed by atoms with Crippen molar-refractivity contribution in [3.05, 3.63) is 39.8 Å². The summed E-state index contributed by atoms with van der Waals surface area (Å²) in [6.07, 6.45) is 0. The average molecular weight is 808 g/mol. The second kappa shape index (κ2) is 9.40. The van der Waals surface area contributed by atoms with Crippen molar-refractivity contribution >= 4 is 160 Å². The molecule has 0 radical (unpaired) electrons. The van der Waals surface area contributed by atoms with Gasteiger partial charge >= 0.3 is 0 Å². The molecule has 0 saturated carbocycles. The van der Waals surface area contributed by atoms with Crippen LogP contribution >= 0.6 is 132 Å². The number of halogens is 4. The molecule has 0 atom stereocenters. The summed E-state index contributed by atoms with van der Waals surface area (Å²) in [6.45, 7) is 3.76. The highest BCUT2D eigenvalue weighted by molar-refractivity contribution is 9.11. The Kier molecular flexibility index (Phi) is 6.73. The number of rotatable bonds is 2. The largest absolute Gasteiger partial charge is 0.132 e. The third kappa shape index (κ3) is 3.80. The van der Waals surface area contributed by atoms with Crippen molar-refractivity contribution < 1.29 is 0 Å². The van der Waals surface area contributed by atoms with Gasteiger partial charge in [0.25, 0.3) is 0 Å². The molecular weight excluding hydrogens is 800 g/mol. The lowest BCUT2D eigenvalue weighted by Crippen LogP contribution is -1.69. The molecule has 6 aromatic rings. The van der Waals surface area contributed by atoms with Crippen LogP contribution in [0, 0.1) is 23.7 Å². The summed E-state index contributed by atoms with van der Waals surface area (Å²) in [6, 6.07) is 4.40. The van der Waals surface area contributed by atoms with Crippen LogP contribution in [0.1, 0.15) is 23.6 Å². The number of hydrogen-bond donors (Lipinski definition) is 0. The van der Waals surface area contributed by atoms with Crippen LogP contribution < -0.4 is 0 Å². The molecule has 0 nitrogen and oxygen atoms in total. The Bertz CT molecular complexity index is 1760. The van der Waals surface area contributed by atoms with Crippen molar-refractivity contribution in [3.63, 3.8) is 0 Å². The van der Waals surface area contributed by atoms with Crippen LogP contribution in [0.4, 0.5) is 0 Å². The average Bonchev–Trinajstić information content (AvgIpc) is 3.61. The fraction of sp³-hybridized carbons (Fsp3) is 0.0833.